The van der Waals surface area contributed by atoms with Gasteiger partial charge in [0.05, 0.1) is 12.3 Å². The lowest BCUT2D eigenvalue weighted by Gasteiger charge is -2.28. The summed E-state index contributed by atoms with van der Waals surface area (Å²) in [5.74, 6) is 0.908. The number of nitrogens with zero attached hydrogens (tertiary/aromatic N) is 1. The van der Waals surface area contributed by atoms with Gasteiger partial charge in [-0.25, -0.2) is 4.98 Å². The van der Waals surface area contributed by atoms with Crippen LogP contribution in [0.15, 0.2) is 0 Å². The van der Waals surface area contributed by atoms with Crippen molar-refractivity contribution in [2.24, 2.45) is 0 Å². The van der Waals surface area contributed by atoms with Crippen LogP contribution in [0.2, 0.25) is 0 Å². The first kappa shape index (κ1) is 18.0. The number of hydrogen-bond donors (Lipinski definition) is 4. The molecule has 6 nitrogen and oxygen atoms in total. The van der Waals surface area contributed by atoms with E-state index in [1.807, 2.05) is 7.05 Å². The summed E-state index contributed by atoms with van der Waals surface area (Å²) in [6, 6.07) is 0.381. The SMILES string of the molecule is CCNc1nc(CC)c(CO)c(NC2CCOCC2)c1CNC. The number of rotatable bonds is 8. The summed E-state index contributed by atoms with van der Waals surface area (Å²) < 4.78 is 5.45. The molecule has 1 aromatic rings. The van der Waals surface area contributed by atoms with Crippen LogP contribution in [0.5, 0.6) is 0 Å². The second kappa shape index (κ2) is 9.05. The second-order valence-electron chi connectivity index (χ2n) is 5.84. The molecule has 0 spiro atoms. The third-order valence-electron chi connectivity index (χ3n) is 4.25. The number of nitrogens with one attached hydrogen (secondary N) is 3. The highest BCUT2D eigenvalue weighted by Gasteiger charge is 2.21. The Morgan fingerprint density at radius 3 is 2.52 bits per heavy atom. The number of aryl methyl sites for hydroxylation is 1. The molecule has 1 aliphatic heterocycles. The van der Waals surface area contributed by atoms with E-state index < -0.39 is 0 Å². The van der Waals surface area contributed by atoms with Gasteiger partial charge >= 0.3 is 0 Å². The minimum absolute atomic E-state index is 0.00481. The predicted octanol–water partition coefficient (Wildman–Crippen LogP) is 1.88. The molecule has 1 aromatic heterocycles. The van der Waals surface area contributed by atoms with Crippen LogP contribution in [0.25, 0.3) is 0 Å². The second-order valence-corrected chi connectivity index (χ2v) is 5.84. The summed E-state index contributed by atoms with van der Waals surface area (Å²) in [5, 5.41) is 20.2. The van der Waals surface area contributed by atoms with Gasteiger partial charge < -0.3 is 25.8 Å². The molecule has 0 unspecified atom stereocenters. The van der Waals surface area contributed by atoms with Crippen LogP contribution < -0.4 is 16.0 Å². The highest BCUT2D eigenvalue weighted by atomic mass is 16.5. The van der Waals surface area contributed by atoms with Gasteiger partial charge in [0.1, 0.15) is 5.82 Å². The van der Waals surface area contributed by atoms with Crippen LogP contribution >= 0.6 is 0 Å². The minimum Gasteiger partial charge on any atom is -0.392 e. The lowest BCUT2D eigenvalue weighted by molar-refractivity contribution is 0.0904. The lowest BCUT2D eigenvalue weighted by Crippen LogP contribution is -2.30. The molecule has 0 bridgehead atoms. The fraction of sp³-hybridized carbons (Fsp3) is 0.706. The number of ether oxygens (including phenoxy) is 1. The maximum absolute atomic E-state index is 9.93. The standard InChI is InChI=1S/C17H30N4O2/c1-4-15-14(11-22)16(20-12-6-8-23-9-7-12)13(10-18-3)17(21-15)19-5-2/h12,18,22H,4-11H2,1-3H3,(H2,19,20,21). The summed E-state index contributed by atoms with van der Waals surface area (Å²) in [6.07, 6.45) is 2.78. The van der Waals surface area contributed by atoms with Crippen molar-refractivity contribution in [2.75, 3.05) is 37.4 Å². The van der Waals surface area contributed by atoms with Gasteiger partial charge in [0.2, 0.25) is 0 Å². The van der Waals surface area contributed by atoms with Crippen molar-refractivity contribution in [3.63, 3.8) is 0 Å². The van der Waals surface area contributed by atoms with Crippen LogP contribution in [0.3, 0.4) is 0 Å². The van der Waals surface area contributed by atoms with Crippen LogP contribution in [-0.4, -0.2) is 42.9 Å². The van der Waals surface area contributed by atoms with Crippen molar-refractivity contribution >= 4 is 11.5 Å². The quantitative estimate of drug-likeness (QED) is 0.585. The highest BCUT2D eigenvalue weighted by molar-refractivity contribution is 5.68. The van der Waals surface area contributed by atoms with Crippen LogP contribution in [0.4, 0.5) is 11.5 Å². The maximum Gasteiger partial charge on any atom is 0.132 e. The molecule has 1 saturated heterocycles. The number of hydrogen-bond acceptors (Lipinski definition) is 6. The molecule has 130 valence electrons. The van der Waals surface area contributed by atoms with Gasteiger partial charge in [0.15, 0.2) is 0 Å². The fourth-order valence-corrected chi connectivity index (χ4v) is 3.06. The molecule has 2 rings (SSSR count). The third kappa shape index (κ3) is 4.34. The van der Waals surface area contributed by atoms with Gasteiger partial charge in [-0.3, -0.25) is 0 Å². The summed E-state index contributed by atoms with van der Waals surface area (Å²) in [4.78, 5) is 4.75. The first-order valence-electron chi connectivity index (χ1n) is 8.63. The average molecular weight is 322 g/mol. The molecule has 23 heavy (non-hydrogen) atoms. The number of anilines is 2. The zero-order chi connectivity index (χ0) is 16.7. The van der Waals surface area contributed by atoms with Gasteiger partial charge in [-0.1, -0.05) is 6.92 Å². The number of pyridine rings is 1. The minimum atomic E-state index is 0.00481. The highest BCUT2D eigenvalue weighted by Crippen LogP contribution is 2.31. The van der Waals surface area contributed by atoms with Crippen molar-refractivity contribution in [3.05, 3.63) is 16.8 Å². The first-order valence-corrected chi connectivity index (χ1v) is 8.63. The molecule has 0 atom stereocenters. The summed E-state index contributed by atoms with van der Waals surface area (Å²) >= 11 is 0. The molecular formula is C17H30N4O2. The molecule has 0 aliphatic carbocycles. The average Bonchev–Trinajstić information content (AvgIpc) is 2.58. The first-order chi connectivity index (χ1) is 11.2. The van der Waals surface area contributed by atoms with E-state index >= 15 is 0 Å². The van der Waals surface area contributed by atoms with E-state index in [0.29, 0.717) is 12.6 Å². The van der Waals surface area contributed by atoms with Crippen molar-refractivity contribution < 1.29 is 9.84 Å². The van der Waals surface area contributed by atoms with Gasteiger partial charge in [-0.05, 0) is 33.2 Å². The number of aliphatic hydroxyl groups is 1. The van der Waals surface area contributed by atoms with Crippen LogP contribution in [0, 0.1) is 0 Å². The number of aromatic nitrogens is 1. The summed E-state index contributed by atoms with van der Waals surface area (Å²) in [6.45, 7) is 7.26. The Labute approximate surface area is 139 Å². The maximum atomic E-state index is 9.93. The Morgan fingerprint density at radius 1 is 1.22 bits per heavy atom. The van der Waals surface area contributed by atoms with E-state index in [1.54, 1.807) is 0 Å². The largest absolute Gasteiger partial charge is 0.392 e. The lowest BCUT2D eigenvalue weighted by atomic mass is 10.0. The van der Waals surface area contributed by atoms with E-state index in [4.69, 9.17) is 9.72 Å². The Kier molecular flexibility index (Phi) is 7.08. The Balaban J connectivity index is 2.45. The van der Waals surface area contributed by atoms with E-state index in [1.165, 1.54) is 0 Å². The van der Waals surface area contributed by atoms with Gasteiger partial charge in [0, 0.05) is 49.2 Å². The van der Waals surface area contributed by atoms with Crippen molar-refractivity contribution in [2.45, 2.75) is 52.3 Å². The molecule has 0 saturated carbocycles. The van der Waals surface area contributed by atoms with E-state index in [2.05, 4.69) is 29.8 Å². The normalized spacial score (nSPS) is 15.7. The summed E-state index contributed by atoms with van der Waals surface area (Å²) in [5.41, 5.74) is 4.02. The van der Waals surface area contributed by atoms with Crippen molar-refractivity contribution in [3.8, 4) is 0 Å². The Hall–Kier alpha value is -1.37. The van der Waals surface area contributed by atoms with E-state index in [0.717, 1.165) is 67.3 Å². The molecule has 1 fully saturated rings. The van der Waals surface area contributed by atoms with E-state index in [9.17, 15) is 5.11 Å². The Bertz CT molecular complexity index is 502. The van der Waals surface area contributed by atoms with Crippen LogP contribution in [-0.2, 0) is 24.3 Å². The molecule has 0 aromatic carbocycles. The summed E-state index contributed by atoms with van der Waals surface area (Å²) in [7, 11) is 1.93. The fourth-order valence-electron chi connectivity index (χ4n) is 3.06. The molecule has 6 heteroatoms. The van der Waals surface area contributed by atoms with Crippen molar-refractivity contribution in [1.82, 2.24) is 10.3 Å². The molecule has 2 heterocycles. The monoisotopic (exact) mass is 322 g/mol. The zero-order valence-electron chi connectivity index (χ0n) is 14.5. The zero-order valence-corrected chi connectivity index (χ0v) is 14.5. The van der Waals surface area contributed by atoms with Gasteiger partial charge in [-0.2, -0.15) is 0 Å². The predicted molar refractivity (Wildman–Crippen MR) is 93.9 cm³/mol. The van der Waals surface area contributed by atoms with Gasteiger partial charge in [0.25, 0.3) is 0 Å². The topological polar surface area (TPSA) is 78.4 Å². The molecular weight excluding hydrogens is 292 g/mol. The number of aliphatic hydroxyl groups excluding tert-OH is 1. The smallest absolute Gasteiger partial charge is 0.132 e. The molecule has 0 radical (unpaired) electrons. The molecule has 1 aliphatic rings. The molecule has 0 amide bonds. The van der Waals surface area contributed by atoms with Gasteiger partial charge in [-0.15, -0.1) is 0 Å². The van der Waals surface area contributed by atoms with Crippen LogP contribution in [0.1, 0.15) is 43.5 Å². The Morgan fingerprint density at radius 2 is 1.96 bits per heavy atom. The third-order valence-corrected chi connectivity index (χ3v) is 4.25. The molecule has 4 N–H and O–H groups in total. The van der Waals surface area contributed by atoms with E-state index in [-0.39, 0.29) is 6.61 Å². The van der Waals surface area contributed by atoms with Crippen molar-refractivity contribution in [1.29, 1.82) is 0 Å².